The van der Waals surface area contributed by atoms with Crippen molar-refractivity contribution in [3.05, 3.63) is 33.4 Å². The average molecular weight is 289 g/mol. The van der Waals surface area contributed by atoms with Crippen LogP contribution in [0.4, 0.5) is 0 Å². The predicted molar refractivity (Wildman–Crippen MR) is 92.5 cm³/mol. The van der Waals surface area contributed by atoms with Crippen LogP contribution in [0.2, 0.25) is 0 Å². The highest BCUT2D eigenvalue weighted by atomic mass is 16.3. The first kappa shape index (κ1) is 17.9. The van der Waals surface area contributed by atoms with Gasteiger partial charge < -0.3 is 5.11 Å². The van der Waals surface area contributed by atoms with Crippen LogP contribution in [0, 0.1) is 27.7 Å². The number of aliphatic hydroxyl groups excluding tert-OH is 1. The third-order valence-corrected chi connectivity index (χ3v) is 5.44. The molecule has 0 fully saturated rings. The maximum Gasteiger partial charge on any atom is 0.0687 e. The summed E-state index contributed by atoms with van der Waals surface area (Å²) >= 11 is 0. The molecular weight excluding hydrogens is 258 g/mol. The van der Waals surface area contributed by atoms with E-state index in [0.29, 0.717) is 0 Å². The molecule has 0 unspecified atom stereocenters. The molecule has 0 saturated heterocycles. The summed E-state index contributed by atoms with van der Waals surface area (Å²) in [5.41, 5.74) is 7.22. The van der Waals surface area contributed by atoms with Gasteiger partial charge >= 0.3 is 0 Å². The molecule has 0 saturated carbocycles. The van der Waals surface area contributed by atoms with Gasteiger partial charge in [-0.05, 0) is 80.3 Å². The third-order valence-electron chi connectivity index (χ3n) is 5.44. The van der Waals surface area contributed by atoms with Gasteiger partial charge in [-0.2, -0.15) is 0 Å². The van der Waals surface area contributed by atoms with Gasteiger partial charge in [-0.15, -0.1) is 0 Å². The van der Waals surface area contributed by atoms with Gasteiger partial charge in [0, 0.05) is 6.21 Å². The minimum absolute atomic E-state index is 0.0658. The second-order valence-electron chi connectivity index (χ2n) is 6.09. The van der Waals surface area contributed by atoms with Crippen molar-refractivity contribution in [2.45, 2.75) is 79.9 Å². The predicted octanol–water partition coefficient (Wildman–Crippen LogP) is 4.80. The molecule has 0 aliphatic rings. The SMILES string of the molecule is CCC(CC)(CC)N=Cc1c(C)c(C)c(CO)c(C)c1C. The second kappa shape index (κ2) is 7.22. The number of rotatable bonds is 6. The van der Waals surface area contributed by atoms with Crippen molar-refractivity contribution in [3.8, 4) is 0 Å². The Kier molecular flexibility index (Phi) is 6.15. The minimum Gasteiger partial charge on any atom is -0.392 e. The molecule has 21 heavy (non-hydrogen) atoms. The van der Waals surface area contributed by atoms with Crippen LogP contribution in [-0.2, 0) is 6.61 Å². The second-order valence-corrected chi connectivity index (χ2v) is 6.09. The molecule has 0 atom stereocenters. The van der Waals surface area contributed by atoms with E-state index in [2.05, 4.69) is 54.7 Å². The van der Waals surface area contributed by atoms with Gasteiger partial charge in [0.2, 0.25) is 0 Å². The van der Waals surface area contributed by atoms with E-state index in [9.17, 15) is 5.11 Å². The van der Waals surface area contributed by atoms with Gasteiger partial charge in [0.05, 0.1) is 12.1 Å². The largest absolute Gasteiger partial charge is 0.392 e. The van der Waals surface area contributed by atoms with Crippen LogP contribution in [0.25, 0.3) is 0 Å². The fraction of sp³-hybridized carbons (Fsp3) is 0.632. The van der Waals surface area contributed by atoms with Crippen molar-refractivity contribution in [3.63, 3.8) is 0 Å². The van der Waals surface area contributed by atoms with Crippen LogP contribution in [0.3, 0.4) is 0 Å². The molecular formula is C19H31NO. The molecule has 2 nitrogen and oxygen atoms in total. The minimum atomic E-state index is 0.0658. The molecule has 0 spiro atoms. The maximum absolute atomic E-state index is 9.58. The molecule has 0 aromatic heterocycles. The zero-order chi connectivity index (χ0) is 16.2. The van der Waals surface area contributed by atoms with Crippen LogP contribution in [-0.4, -0.2) is 16.9 Å². The Morgan fingerprint density at radius 3 is 1.62 bits per heavy atom. The van der Waals surface area contributed by atoms with Crippen LogP contribution in [0.1, 0.15) is 73.4 Å². The number of aliphatic hydroxyl groups is 1. The molecule has 1 N–H and O–H groups in total. The van der Waals surface area contributed by atoms with Gasteiger partial charge in [0.15, 0.2) is 0 Å². The van der Waals surface area contributed by atoms with Crippen LogP contribution in [0.5, 0.6) is 0 Å². The molecule has 118 valence electrons. The molecule has 0 aliphatic heterocycles. The smallest absolute Gasteiger partial charge is 0.0687 e. The highest BCUT2D eigenvalue weighted by Crippen LogP contribution is 2.28. The molecule has 1 aromatic carbocycles. The molecule has 0 radical (unpaired) electrons. The monoisotopic (exact) mass is 289 g/mol. The van der Waals surface area contributed by atoms with Crippen LogP contribution >= 0.6 is 0 Å². The Balaban J connectivity index is 3.39. The van der Waals surface area contributed by atoms with Crippen molar-refractivity contribution < 1.29 is 5.11 Å². The summed E-state index contributed by atoms with van der Waals surface area (Å²) in [6.45, 7) is 15.2. The van der Waals surface area contributed by atoms with Crippen molar-refractivity contribution in [1.82, 2.24) is 0 Å². The normalized spacial score (nSPS) is 12.4. The van der Waals surface area contributed by atoms with Crippen molar-refractivity contribution >= 4 is 6.21 Å². The fourth-order valence-corrected chi connectivity index (χ4v) is 3.08. The van der Waals surface area contributed by atoms with Crippen LogP contribution in [0.15, 0.2) is 4.99 Å². The van der Waals surface area contributed by atoms with E-state index in [-0.39, 0.29) is 12.1 Å². The zero-order valence-corrected chi connectivity index (χ0v) is 14.8. The van der Waals surface area contributed by atoms with E-state index in [1.807, 2.05) is 0 Å². The summed E-state index contributed by atoms with van der Waals surface area (Å²) in [6.07, 6.45) is 5.28. The summed E-state index contributed by atoms with van der Waals surface area (Å²) in [7, 11) is 0. The summed E-state index contributed by atoms with van der Waals surface area (Å²) in [5.74, 6) is 0. The van der Waals surface area contributed by atoms with E-state index in [1.165, 1.54) is 27.8 Å². The topological polar surface area (TPSA) is 32.6 Å². The summed E-state index contributed by atoms with van der Waals surface area (Å²) in [5, 5.41) is 9.58. The van der Waals surface area contributed by atoms with E-state index in [0.717, 1.165) is 24.8 Å². The first-order valence-electron chi connectivity index (χ1n) is 8.12. The highest BCUT2D eigenvalue weighted by Gasteiger charge is 2.22. The highest BCUT2D eigenvalue weighted by molar-refractivity contribution is 5.85. The van der Waals surface area contributed by atoms with Gasteiger partial charge in [0.1, 0.15) is 0 Å². The Morgan fingerprint density at radius 2 is 1.29 bits per heavy atom. The first-order chi connectivity index (χ1) is 9.87. The van der Waals surface area contributed by atoms with Crippen LogP contribution < -0.4 is 0 Å². The van der Waals surface area contributed by atoms with Gasteiger partial charge in [-0.3, -0.25) is 4.99 Å². The Bertz CT molecular complexity index is 488. The molecule has 2 heteroatoms. The van der Waals surface area contributed by atoms with Crippen molar-refractivity contribution in [2.75, 3.05) is 0 Å². The molecule has 1 rings (SSSR count). The molecule has 0 amide bonds. The first-order valence-corrected chi connectivity index (χ1v) is 8.12. The van der Waals surface area contributed by atoms with Gasteiger partial charge in [0.25, 0.3) is 0 Å². The average Bonchev–Trinajstić information content (AvgIpc) is 2.50. The lowest BCUT2D eigenvalue weighted by Gasteiger charge is -2.26. The van der Waals surface area contributed by atoms with Gasteiger partial charge in [-0.25, -0.2) is 0 Å². The molecule has 0 aliphatic carbocycles. The fourth-order valence-electron chi connectivity index (χ4n) is 3.08. The quantitative estimate of drug-likeness (QED) is 0.750. The van der Waals surface area contributed by atoms with E-state index >= 15 is 0 Å². The number of aliphatic imine (C=N–C) groups is 1. The number of hydrogen-bond donors (Lipinski definition) is 1. The number of benzene rings is 1. The van der Waals surface area contributed by atoms with Crippen molar-refractivity contribution in [1.29, 1.82) is 0 Å². The van der Waals surface area contributed by atoms with E-state index in [1.54, 1.807) is 0 Å². The lowest BCUT2D eigenvalue weighted by molar-refractivity contribution is 0.280. The lowest BCUT2D eigenvalue weighted by atomic mass is 9.88. The Morgan fingerprint density at radius 1 is 0.857 bits per heavy atom. The molecule has 1 aromatic rings. The Labute approximate surface area is 130 Å². The zero-order valence-electron chi connectivity index (χ0n) is 14.8. The standard InChI is InChI=1S/C19H31NO/c1-8-19(9-2,10-3)20-11-17-13(4)15(6)18(12-21)16(7)14(17)5/h11,21H,8-10,12H2,1-7H3. The number of hydrogen-bond acceptors (Lipinski definition) is 2. The van der Waals surface area contributed by atoms with Crippen molar-refractivity contribution in [2.24, 2.45) is 4.99 Å². The van der Waals surface area contributed by atoms with E-state index < -0.39 is 0 Å². The Hall–Kier alpha value is -1.15. The summed E-state index contributed by atoms with van der Waals surface area (Å²) in [6, 6.07) is 0. The number of nitrogens with zero attached hydrogens (tertiary/aromatic N) is 1. The summed E-state index contributed by atoms with van der Waals surface area (Å²) in [4.78, 5) is 4.95. The lowest BCUT2D eigenvalue weighted by Crippen LogP contribution is -2.23. The molecule has 0 bridgehead atoms. The van der Waals surface area contributed by atoms with E-state index in [4.69, 9.17) is 4.99 Å². The summed E-state index contributed by atoms with van der Waals surface area (Å²) < 4.78 is 0. The third kappa shape index (κ3) is 3.37. The molecule has 0 heterocycles. The maximum atomic E-state index is 9.58. The van der Waals surface area contributed by atoms with Gasteiger partial charge in [-0.1, -0.05) is 20.8 Å².